The lowest BCUT2D eigenvalue weighted by Crippen LogP contribution is -2.52. The number of piperazine rings is 1. The molecular formula is C24H29ClFN3O3S. The number of benzene rings is 2. The Morgan fingerprint density at radius 2 is 1.64 bits per heavy atom. The highest BCUT2D eigenvalue weighted by Crippen LogP contribution is 2.24. The van der Waals surface area contributed by atoms with E-state index >= 15 is 0 Å². The van der Waals surface area contributed by atoms with Gasteiger partial charge in [-0.3, -0.25) is 9.69 Å². The molecule has 2 aromatic rings. The molecular weight excluding hydrogens is 465 g/mol. The van der Waals surface area contributed by atoms with Crippen LogP contribution in [0.5, 0.6) is 0 Å². The van der Waals surface area contributed by atoms with E-state index in [1.54, 1.807) is 41.3 Å². The van der Waals surface area contributed by atoms with Gasteiger partial charge in [0.25, 0.3) is 0 Å². The molecule has 4 rings (SSSR count). The smallest absolute Gasteiger partial charge is 0.243 e. The van der Waals surface area contributed by atoms with Crippen molar-refractivity contribution in [3.63, 3.8) is 0 Å². The summed E-state index contributed by atoms with van der Waals surface area (Å²) in [5.74, 6) is -0.282. The van der Waals surface area contributed by atoms with Crippen molar-refractivity contribution in [3.8, 4) is 0 Å². The van der Waals surface area contributed by atoms with Gasteiger partial charge in [0.05, 0.1) is 4.90 Å². The Hall–Kier alpha value is -2.00. The summed E-state index contributed by atoms with van der Waals surface area (Å²) >= 11 is 5.83. The van der Waals surface area contributed by atoms with Crippen LogP contribution in [0.4, 0.5) is 4.39 Å². The minimum atomic E-state index is -3.55. The van der Waals surface area contributed by atoms with Crippen molar-refractivity contribution < 1.29 is 17.6 Å². The number of hydrogen-bond donors (Lipinski definition) is 0. The molecule has 33 heavy (non-hydrogen) atoms. The van der Waals surface area contributed by atoms with Crippen LogP contribution in [0.1, 0.15) is 24.0 Å². The molecule has 0 atom stereocenters. The Bertz CT molecular complexity index is 1090. The first kappa shape index (κ1) is 24.1. The first-order valence-electron chi connectivity index (χ1n) is 11.3. The molecule has 2 aliphatic rings. The monoisotopic (exact) mass is 493 g/mol. The zero-order chi connectivity index (χ0) is 23.6. The minimum absolute atomic E-state index is 0.0726. The lowest BCUT2D eigenvalue weighted by Gasteiger charge is -2.38. The summed E-state index contributed by atoms with van der Waals surface area (Å²) in [7, 11) is -3.55. The fraction of sp³-hybridized carbons (Fsp3) is 0.458. The maximum atomic E-state index is 14.1. The van der Waals surface area contributed by atoms with Crippen molar-refractivity contribution in [2.24, 2.45) is 5.92 Å². The average molecular weight is 494 g/mol. The van der Waals surface area contributed by atoms with Gasteiger partial charge in [0, 0.05) is 49.2 Å². The van der Waals surface area contributed by atoms with Crippen LogP contribution >= 0.6 is 11.6 Å². The summed E-state index contributed by atoms with van der Waals surface area (Å²) < 4.78 is 41.3. The highest BCUT2D eigenvalue weighted by molar-refractivity contribution is 7.89. The van der Waals surface area contributed by atoms with E-state index in [4.69, 9.17) is 11.6 Å². The van der Waals surface area contributed by atoms with Gasteiger partial charge in [-0.1, -0.05) is 35.4 Å². The van der Waals surface area contributed by atoms with Gasteiger partial charge in [-0.05, 0) is 57.1 Å². The first-order chi connectivity index (χ1) is 15.7. The van der Waals surface area contributed by atoms with E-state index in [1.165, 1.54) is 10.4 Å². The largest absolute Gasteiger partial charge is 0.340 e. The number of nitrogens with zero attached hydrogens (tertiary/aromatic N) is 3. The van der Waals surface area contributed by atoms with Crippen molar-refractivity contribution in [1.29, 1.82) is 0 Å². The maximum Gasteiger partial charge on any atom is 0.243 e. The second kappa shape index (κ2) is 10.1. The van der Waals surface area contributed by atoms with Gasteiger partial charge < -0.3 is 4.90 Å². The number of hydrogen-bond acceptors (Lipinski definition) is 4. The van der Waals surface area contributed by atoms with E-state index in [0.717, 1.165) is 31.5 Å². The lowest BCUT2D eigenvalue weighted by molar-refractivity contribution is -0.138. The minimum Gasteiger partial charge on any atom is -0.340 e. The molecule has 2 heterocycles. The van der Waals surface area contributed by atoms with Crippen molar-refractivity contribution >= 4 is 27.5 Å². The van der Waals surface area contributed by atoms with Crippen LogP contribution in [0.2, 0.25) is 5.02 Å². The molecule has 0 bridgehead atoms. The Morgan fingerprint density at radius 3 is 2.24 bits per heavy atom. The number of carbonyl (C=O) groups excluding carboxylic acids is 1. The van der Waals surface area contributed by atoms with Crippen LogP contribution in [-0.2, 0) is 21.4 Å². The number of likely N-dealkylation sites (tertiary alicyclic amines) is 1. The zero-order valence-corrected chi connectivity index (χ0v) is 20.3. The molecule has 0 radical (unpaired) electrons. The van der Waals surface area contributed by atoms with Crippen molar-refractivity contribution in [2.45, 2.75) is 31.2 Å². The molecule has 6 nitrogen and oxygen atoms in total. The van der Waals surface area contributed by atoms with Crippen molar-refractivity contribution in [2.75, 3.05) is 39.3 Å². The van der Waals surface area contributed by atoms with Gasteiger partial charge in [-0.2, -0.15) is 4.31 Å². The second-order valence-corrected chi connectivity index (χ2v) is 11.2. The molecule has 0 unspecified atom stereocenters. The normalized spacial score (nSPS) is 19.1. The Morgan fingerprint density at radius 1 is 1.00 bits per heavy atom. The summed E-state index contributed by atoms with van der Waals surface area (Å²) in [6.07, 6.45) is 1.44. The molecule has 178 valence electrons. The van der Waals surface area contributed by atoms with Gasteiger partial charge in [-0.15, -0.1) is 0 Å². The van der Waals surface area contributed by atoms with E-state index in [-0.39, 0.29) is 22.5 Å². The van der Waals surface area contributed by atoms with Crippen LogP contribution in [0.15, 0.2) is 47.4 Å². The van der Waals surface area contributed by atoms with Crippen molar-refractivity contribution in [3.05, 3.63) is 64.4 Å². The van der Waals surface area contributed by atoms with Gasteiger partial charge in [0.15, 0.2) is 0 Å². The number of piperidine rings is 1. The standard InChI is InChI=1S/C24H29ClFN3O3S/c1-18-2-6-22(7-3-18)33(31,32)29-14-12-28(13-15-29)24(30)19-8-10-27(11-9-19)17-20-4-5-21(25)16-23(20)26/h2-7,16,19H,8-15,17H2,1H3. The topological polar surface area (TPSA) is 60.9 Å². The molecule has 0 spiro atoms. The quantitative estimate of drug-likeness (QED) is 0.639. The molecule has 0 aliphatic carbocycles. The third-order valence-electron chi connectivity index (χ3n) is 6.55. The van der Waals surface area contributed by atoms with E-state index in [0.29, 0.717) is 43.3 Å². The number of halogens is 2. The third-order valence-corrected chi connectivity index (χ3v) is 8.70. The fourth-order valence-corrected chi connectivity index (χ4v) is 6.08. The number of rotatable bonds is 5. The van der Waals surface area contributed by atoms with Crippen LogP contribution in [-0.4, -0.2) is 67.7 Å². The van der Waals surface area contributed by atoms with E-state index in [1.807, 2.05) is 6.92 Å². The highest BCUT2D eigenvalue weighted by Gasteiger charge is 2.34. The highest BCUT2D eigenvalue weighted by atomic mass is 35.5. The van der Waals surface area contributed by atoms with E-state index < -0.39 is 10.0 Å². The van der Waals surface area contributed by atoms with Gasteiger partial charge in [-0.25, -0.2) is 12.8 Å². The number of sulfonamides is 1. The molecule has 0 saturated carbocycles. The van der Waals surface area contributed by atoms with E-state index in [9.17, 15) is 17.6 Å². The Labute approximate surface area is 200 Å². The van der Waals surface area contributed by atoms with Crippen LogP contribution in [0.3, 0.4) is 0 Å². The van der Waals surface area contributed by atoms with Crippen LogP contribution in [0, 0.1) is 18.7 Å². The summed E-state index contributed by atoms with van der Waals surface area (Å²) in [4.78, 5) is 17.3. The molecule has 0 aromatic heterocycles. The molecule has 1 amide bonds. The maximum absolute atomic E-state index is 14.1. The molecule has 2 fully saturated rings. The molecule has 0 N–H and O–H groups in total. The molecule has 9 heteroatoms. The lowest BCUT2D eigenvalue weighted by atomic mass is 9.94. The van der Waals surface area contributed by atoms with Crippen molar-refractivity contribution in [1.82, 2.24) is 14.1 Å². The zero-order valence-electron chi connectivity index (χ0n) is 18.7. The first-order valence-corrected chi connectivity index (χ1v) is 13.1. The summed E-state index contributed by atoms with van der Waals surface area (Å²) in [5.41, 5.74) is 1.61. The predicted octanol–water partition coefficient (Wildman–Crippen LogP) is 3.53. The fourth-order valence-electron chi connectivity index (χ4n) is 4.50. The van der Waals surface area contributed by atoms with Crippen LogP contribution in [0.25, 0.3) is 0 Å². The second-order valence-electron chi connectivity index (χ2n) is 8.83. The number of amides is 1. The number of aryl methyl sites for hydroxylation is 1. The summed E-state index contributed by atoms with van der Waals surface area (Å²) in [5, 5.41) is 0.382. The molecule has 2 saturated heterocycles. The average Bonchev–Trinajstić information content (AvgIpc) is 2.81. The van der Waals surface area contributed by atoms with Gasteiger partial charge in [0.2, 0.25) is 15.9 Å². The molecule has 2 aromatic carbocycles. The van der Waals surface area contributed by atoms with Gasteiger partial charge >= 0.3 is 0 Å². The Balaban J connectivity index is 1.27. The van der Waals surface area contributed by atoms with Crippen LogP contribution < -0.4 is 0 Å². The third kappa shape index (κ3) is 5.57. The summed E-state index contributed by atoms with van der Waals surface area (Å²) in [6.45, 7) is 5.27. The number of carbonyl (C=O) groups is 1. The Kier molecular flexibility index (Phi) is 7.38. The van der Waals surface area contributed by atoms with Gasteiger partial charge in [0.1, 0.15) is 5.82 Å². The summed E-state index contributed by atoms with van der Waals surface area (Å²) in [6, 6.07) is 11.6. The predicted molar refractivity (Wildman–Crippen MR) is 126 cm³/mol. The van der Waals surface area contributed by atoms with E-state index in [2.05, 4.69) is 4.90 Å². The SMILES string of the molecule is Cc1ccc(S(=O)(=O)N2CCN(C(=O)C3CCN(Cc4ccc(Cl)cc4F)CC3)CC2)cc1. The molecule has 2 aliphatic heterocycles.